The lowest BCUT2D eigenvalue weighted by Gasteiger charge is -2.26. The third-order valence-corrected chi connectivity index (χ3v) is 4.67. The number of hydrogen-bond donors (Lipinski definition) is 1. The summed E-state index contributed by atoms with van der Waals surface area (Å²) in [7, 11) is 0. The van der Waals surface area contributed by atoms with E-state index in [9.17, 15) is 4.79 Å². The standard InChI is InChI=1S/C11H16N2O2S2/c1-2-15-11(14)10-8(12)7-9(17-10)13-3-5-16-6-4-13/h7H,2-6,12H2,1H3. The van der Waals surface area contributed by atoms with Crippen molar-refractivity contribution < 1.29 is 9.53 Å². The lowest BCUT2D eigenvalue weighted by atomic mass is 10.4. The van der Waals surface area contributed by atoms with Gasteiger partial charge in [-0.05, 0) is 13.0 Å². The van der Waals surface area contributed by atoms with E-state index in [1.807, 2.05) is 17.8 Å². The third kappa shape index (κ3) is 2.87. The van der Waals surface area contributed by atoms with Gasteiger partial charge < -0.3 is 15.4 Å². The van der Waals surface area contributed by atoms with Gasteiger partial charge in [-0.25, -0.2) is 4.79 Å². The van der Waals surface area contributed by atoms with Crippen LogP contribution in [0.25, 0.3) is 0 Å². The summed E-state index contributed by atoms with van der Waals surface area (Å²) in [6, 6.07) is 1.88. The van der Waals surface area contributed by atoms with Gasteiger partial charge in [-0.2, -0.15) is 11.8 Å². The largest absolute Gasteiger partial charge is 0.462 e. The van der Waals surface area contributed by atoms with Crippen molar-refractivity contribution >= 4 is 39.8 Å². The van der Waals surface area contributed by atoms with Gasteiger partial charge in [0.1, 0.15) is 4.88 Å². The first kappa shape index (κ1) is 12.6. The molecule has 0 spiro atoms. The van der Waals surface area contributed by atoms with Gasteiger partial charge >= 0.3 is 5.97 Å². The van der Waals surface area contributed by atoms with Crippen LogP contribution in [0.15, 0.2) is 6.07 Å². The van der Waals surface area contributed by atoms with E-state index in [0.717, 1.165) is 29.6 Å². The molecule has 1 fully saturated rings. The number of anilines is 2. The molecule has 1 aliphatic rings. The van der Waals surface area contributed by atoms with E-state index in [0.29, 0.717) is 17.2 Å². The van der Waals surface area contributed by atoms with Crippen molar-refractivity contribution in [3.63, 3.8) is 0 Å². The molecule has 1 aliphatic heterocycles. The minimum atomic E-state index is -0.312. The first-order chi connectivity index (χ1) is 8.22. The lowest BCUT2D eigenvalue weighted by molar-refractivity contribution is 0.0533. The third-order valence-electron chi connectivity index (χ3n) is 2.53. The maximum absolute atomic E-state index is 11.6. The Labute approximate surface area is 109 Å². The molecule has 0 aromatic carbocycles. The SMILES string of the molecule is CCOC(=O)c1sc(N2CCSCC2)cc1N. The highest BCUT2D eigenvalue weighted by Gasteiger charge is 2.19. The van der Waals surface area contributed by atoms with Crippen molar-refractivity contribution in [2.24, 2.45) is 0 Å². The lowest BCUT2D eigenvalue weighted by Crippen LogP contribution is -2.31. The summed E-state index contributed by atoms with van der Waals surface area (Å²) in [5.74, 6) is 1.95. The zero-order valence-electron chi connectivity index (χ0n) is 9.77. The zero-order valence-corrected chi connectivity index (χ0v) is 11.4. The van der Waals surface area contributed by atoms with Crippen molar-refractivity contribution in [1.82, 2.24) is 0 Å². The molecule has 2 heterocycles. The second-order valence-electron chi connectivity index (χ2n) is 3.69. The van der Waals surface area contributed by atoms with E-state index in [2.05, 4.69) is 4.90 Å². The van der Waals surface area contributed by atoms with Crippen LogP contribution in [0.3, 0.4) is 0 Å². The van der Waals surface area contributed by atoms with Crippen LogP contribution in [0, 0.1) is 0 Å². The second-order valence-corrected chi connectivity index (χ2v) is 5.94. The highest BCUT2D eigenvalue weighted by molar-refractivity contribution is 7.99. The van der Waals surface area contributed by atoms with Crippen LogP contribution >= 0.6 is 23.1 Å². The molecule has 1 saturated heterocycles. The molecular formula is C11H16N2O2S2. The minimum Gasteiger partial charge on any atom is -0.462 e. The first-order valence-electron chi connectivity index (χ1n) is 5.61. The number of nitrogens with two attached hydrogens (primary N) is 1. The molecule has 0 saturated carbocycles. The van der Waals surface area contributed by atoms with Crippen LogP contribution in [0.5, 0.6) is 0 Å². The summed E-state index contributed by atoms with van der Waals surface area (Å²) in [6.45, 7) is 4.22. The van der Waals surface area contributed by atoms with Gasteiger partial charge in [-0.15, -0.1) is 11.3 Å². The molecular weight excluding hydrogens is 256 g/mol. The number of carbonyl (C=O) groups excluding carboxylic acids is 1. The molecule has 4 nitrogen and oxygen atoms in total. The Kier molecular flexibility index (Phi) is 4.17. The van der Waals surface area contributed by atoms with Gasteiger partial charge in [0.15, 0.2) is 0 Å². The average Bonchev–Trinajstić information content (AvgIpc) is 2.73. The molecule has 6 heteroatoms. The van der Waals surface area contributed by atoms with Gasteiger partial charge in [0.05, 0.1) is 17.3 Å². The van der Waals surface area contributed by atoms with Crippen LogP contribution < -0.4 is 10.6 Å². The Morgan fingerprint density at radius 2 is 2.24 bits per heavy atom. The fourth-order valence-corrected chi connectivity index (χ4v) is 3.62. The summed E-state index contributed by atoms with van der Waals surface area (Å²) >= 11 is 3.39. The van der Waals surface area contributed by atoms with E-state index >= 15 is 0 Å². The fourth-order valence-electron chi connectivity index (χ4n) is 1.69. The van der Waals surface area contributed by atoms with Crippen molar-refractivity contribution in [3.8, 4) is 0 Å². The fraction of sp³-hybridized carbons (Fsp3) is 0.545. The predicted octanol–water partition coefficient (Wildman–Crippen LogP) is 2.06. The van der Waals surface area contributed by atoms with Crippen molar-refractivity contribution in [1.29, 1.82) is 0 Å². The monoisotopic (exact) mass is 272 g/mol. The van der Waals surface area contributed by atoms with Crippen LogP contribution in [-0.2, 0) is 4.74 Å². The van der Waals surface area contributed by atoms with E-state index in [-0.39, 0.29) is 5.97 Å². The quantitative estimate of drug-likeness (QED) is 0.854. The molecule has 0 atom stereocenters. The van der Waals surface area contributed by atoms with Crippen molar-refractivity contribution in [2.75, 3.05) is 41.8 Å². The van der Waals surface area contributed by atoms with Gasteiger partial charge in [0, 0.05) is 24.6 Å². The van der Waals surface area contributed by atoms with Crippen LogP contribution in [-0.4, -0.2) is 37.2 Å². The highest BCUT2D eigenvalue weighted by Crippen LogP contribution is 2.33. The van der Waals surface area contributed by atoms with Crippen LogP contribution in [0.2, 0.25) is 0 Å². The Bertz CT molecular complexity index is 400. The number of nitrogen functional groups attached to an aromatic ring is 1. The smallest absolute Gasteiger partial charge is 0.350 e. The number of thiophene rings is 1. The molecule has 0 bridgehead atoms. The van der Waals surface area contributed by atoms with Crippen LogP contribution in [0.1, 0.15) is 16.6 Å². The molecule has 94 valence electrons. The summed E-state index contributed by atoms with van der Waals surface area (Å²) in [5.41, 5.74) is 6.39. The summed E-state index contributed by atoms with van der Waals surface area (Å²) in [4.78, 5) is 14.5. The number of carbonyl (C=O) groups is 1. The van der Waals surface area contributed by atoms with Crippen molar-refractivity contribution in [2.45, 2.75) is 6.92 Å². The summed E-state index contributed by atoms with van der Waals surface area (Å²) < 4.78 is 4.98. The zero-order chi connectivity index (χ0) is 12.3. The maximum Gasteiger partial charge on any atom is 0.350 e. The van der Waals surface area contributed by atoms with Crippen molar-refractivity contribution in [3.05, 3.63) is 10.9 Å². The Morgan fingerprint density at radius 1 is 1.53 bits per heavy atom. The maximum atomic E-state index is 11.6. The van der Waals surface area contributed by atoms with Gasteiger partial charge in [-0.1, -0.05) is 0 Å². The van der Waals surface area contributed by atoms with Gasteiger partial charge in [0.25, 0.3) is 0 Å². The molecule has 1 aromatic heterocycles. The molecule has 0 amide bonds. The minimum absolute atomic E-state index is 0.312. The topological polar surface area (TPSA) is 55.6 Å². The van der Waals surface area contributed by atoms with E-state index in [1.54, 1.807) is 6.92 Å². The summed E-state index contributed by atoms with van der Waals surface area (Å²) in [5, 5.41) is 1.07. The van der Waals surface area contributed by atoms with E-state index < -0.39 is 0 Å². The number of thioether (sulfide) groups is 1. The Hall–Kier alpha value is -0.880. The average molecular weight is 272 g/mol. The van der Waals surface area contributed by atoms with Crippen LogP contribution in [0.4, 0.5) is 10.7 Å². The molecule has 0 aliphatic carbocycles. The Balaban J connectivity index is 2.14. The molecule has 1 aromatic rings. The van der Waals surface area contributed by atoms with Gasteiger partial charge in [0.2, 0.25) is 0 Å². The Morgan fingerprint density at radius 3 is 2.88 bits per heavy atom. The predicted molar refractivity (Wildman–Crippen MR) is 74.2 cm³/mol. The molecule has 0 radical (unpaired) electrons. The molecule has 2 N–H and O–H groups in total. The van der Waals surface area contributed by atoms with E-state index in [1.165, 1.54) is 11.3 Å². The highest BCUT2D eigenvalue weighted by atomic mass is 32.2. The number of rotatable bonds is 3. The molecule has 17 heavy (non-hydrogen) atoms. The normalized spacial score (nSPS) is 15.9. The van der Waals surface area contributed by atoms with Gasteiger partial charge in [-0.3, -0.25) is 0 Å². The molecule has 2 rings (SSSR count). The number of ether oxygens (including phenoxy) is 1. The number of nitrogens with zero attached hydrogens (tertiary/aromatic N) is 1. The molecule has 0 unspecified atom stereocenters. The second kappa shape index (κ2) is 5.64. The number of esters is 1. The summed E-state index contributed by atoms with van der Waals surface area (Å²) in [6.07, 6.45) is 0. The first-order valence-corrected chi connectivity index (χ1v) is 7.58. The van der Waals surface area contributed by atoms with E-state index in [4.69, 9.17) is 10.5 Å². The number of hydrogen-bond acceptors (Lipinski definition) is 6.